The molecule has 0 atom stereocenters. The van der Waals surface area contributed by atoms with E-state index in [-0.39, 0.29) is 27.9 Å². The van der Waals surface area contributed by atoms with Gasteiger partial charge in [-0.05, 0) is 70.9 Å². The van der Waals surface area contributed by atoms with E-state index in [9.17, 15) is 19.5 Å². The number of rotatable bonds is 3. The molecule has 0 fully saturated rings. The molecule has 1 amide bonds. The number of aromatic amines is 1. The largest absolute Gasteiger partial charge is 0.505 e. The summed E-state index contributed by atoms with van der Waals surface area (Å²) in [5, 5.41) is 13.1. The van der Waals surface area contributed by atoms with Crippen LogP contribution in [0.15, 0.2) is 74.7 Å². The van der Waals surface area contributed by atoms with E-state index < -0.39 is 17.2 Å². The number of H-pyrrole nitrogens is 1. The first-order valence-electron chi connectivity index (χ1n) is 9.00. The molecular formula is C22H16BrN3O4. The molecule has 1 heterocycles. The third-order valence-electron chi connectivity index (χ3n) is 4.63. The van der Waals surface area contributed by atoms with Crippen LogP contribution < -0.4 is 16.6 Å². The summed E-state index contributed by atoms with van der Waals surface area (Å²) in [5.41, 5.74) is 0.947. The Bertz CT molecular complexity index is 1410. The number of aromatic nitrogens is 2. The van der Waals surface area contributed by atoms with E-state index in [1.54, 1.807) is 42.5 Å². The second-order valence-corrected chi connectivity index (χ2v) is 7.62. The van der Waals surface area contributed by atoms with E-state index in [0.717, 1.165) is 10.1 Å². The van der Waals surface area contributed by atoms with Gasteiger partial charge in [-0.15, -0.1) is 0 Å². The number of phenols is 1. The molecule has 0 saturated carbocycles. The molecule has 0 aliphatic heterocycles. The zero-order chi connectivity index (χ0) is 21.4. The number of fused-ring (bicyclic) bond motifs is 1. The van der Waals surface area contributed by atoms with Gasteiger partial charge in [-0.3, -0.25) is 9.59 Å². The minimum atomic E-state index is -0.600. The number of para-hydroxylation sites is 1. The molecule has 1 aromatic heterocycles. The van der Waals surface area contributed by atoms with Gasteiger partial charge in [0.05, 0.1) is 26.8 Å². The predicted octanol–water partition coefficient (Wildman–Crippen LogP) is 3.71. The molecule has 0 radical (unpaired) electrons. The van der Waals surface area contributed by atoms with Crippen LogP contribution in [0.2, 0.25) is 0 Å². The number of anilines is 1. The van der Waals surface area contributed by atoms with Crippen LogP contribution in [-0.2, 0) is 0 Å². The lowest BCUT2D eigenvalue weighted by molar-refractivity contribution is 0.102. The normalized spacial score (nSPS) is 10.9. The van der Waals surface area contributed by atoms with Crippen LogP contribution in [0.1, 0.15) is 15.9 Å². The van der Waals surface area contributed by atoms with Crippen molar-refractivity contribution in [3.8, 4) is 11.4 Å². The number of phenolic OH excluding ortho intramolecular Hbond substituents is 1. The summed E-state index contributed by atoms with van der Waals surface area (Å²) in [6.07, 6.45) is 0. The molecule has 3 N–H and O–H groups in total. The van der Waals surface area contributed by atoms with Crippen LogP contribution >= 0.6 is 15.9 Å². The molecule has 7 nitrogen and oxygen atoms in total. The van der Waals surface area contributed by atoms with Gasteiger partial charge in [-0.1, -0.05) is 18.2 Å². The molecule has 3 aromatic carbocycles. The molecule has 0 spiro atoms. The number of hydrogen-bond acceptors (Lipinski definition) is 4. The number of aryl methyl sites for hydroxylation is 1. The smallest absolute Gasteiger partial charge is 0.333 e. The topological polar surface area (TPSA) is 104 Å². The minimum Gasteiger partial charge on any atom is -0.505 e. The maximum absolute atomic E-state index is 12.8. The summed E-state index contributed by atoms with van der Waals surface area (Å²) in [4.78, 5) is 40.7. The van der Waals surface area contributed by atoms with Gasteiger partial charge < -0.3 is 15.4 Å². The Hall–Kier alpha value is -3.65. The first kappa shape index (κ1) is 19.7. The quantitative estimate of drug-likeness (QED) is 0.401. The predicted molar refractivity (Wildman–Crippen MR) is 119 cm³/mol. The van der Waals surface area contributed by atoms with Crippen molar-refractivity contribution in [2.24, 2.45) is 0 Å². The van der Waals surface area contributed by atoms with E-state index >= 15 is 0 Å². The van der Waals surface area contributed by atoms with Crippen molar-refractivity contribution in [1.29, 1.82) is 0 Å². The summed E-state index contributed by atoms with van der Waals surface area (Å²) in [6, 6.07) is 16.4. The third-order valence-corrected chi connectivity index (χ3v) is 5.23. The summed E-state index contributed by atoms with van der Waals surface area (Å²) >= 11 is 3.24. The maximum Gasteiger partial charge on any atom is 0.333 e. The Morgan fingerprint density at radius 2 is 1.80 bits per heavy atom. The molecule has 4 rings (SSSR count). The van der Waals surface area contributed by atoms with Gasteiger partial charge in [0, 0.05) is 5.56 Å². The summed E-state index contributed by atoms with van der Waals surface area (Å²) < 4.78 is 1.51. The molecule has 8 heteroatoms. The Morgan fingerprint density at radius 3 is 2.53 bits per heavy atom. The number of amides is 1. The van der Waals surface area contributed by atoms with Crippen LogP contribution in [0.5, 0.6) is 5.75 Å². The maximum atomic E-state index is 12.8. The Balaban J connectivity index is 1.75. The first-order valence-corrected chi connectivity index (χ1v) is 9.79. The number of nitrogens with zero attached hydrogens (tertiary/aromatic N) is 1. The van der Waals surface area contributed by atoms with Crippen LogP contribution in [0.4, 0.5) is 5.69 Å². The van der Waals surface area contributed by atoms with E-state index in [1.807, 2.05) is 6.92 Å². The SMILES string of the molecule is Cc1cc(Br)c(O)c(NC(=O)c2ccc3c(=O)n(-c4ccccc4)c(=O)[nH]c3c2)c1. The first-order chi connectivity index (χ1) is 14.3. The molecule has 0 bridgehead atoms. The fourth-order valence-electron chi connectivity index (χ4n) is 3.20. The number of benzene rings is 3. The summed E-state index contributed by atoms with van der Waals surface area (Å²) in [5.74, 6) is -0.577. The van der Waals surface area contributed by atoms with Gasteiger partial charge in [0.25, 0.3) is 11.5 Å². The zero-order valence-corrected chi connectivity index (χ0v) is 17.4. The van der Waals surface area contributed by atoms with Gasteiger partial charge in [0.2, 0.25) is 0 Å². The monoisotopic (exact) mass is 465 g/mol. The highest BCUT2D eigenvalue weighted by molar-refractivity contribution is 9.10. The van der Waals surface area contributed by atoms with Crippen LogP contribution in [-0.4, -0.2) is 20.6 Å². The third kappa shape index (κ3) is 3.53. The molecule has 0 aliphatic rings. The number of aromatic hydroxyl groups is 1. The number of carbonyl (C=O) groups excluding carboxylic acids is 1. The number of nitrogens with one attached hydrogen (secondary N) is 2. The second-order valence-electron chi connectivity index (χ2n) is 6.76. The van der Waals surface area contributed by atoms with E-state index in [4.69, 9.17) is 0 Å². The van der Waals surface area contributed by atoms with Crippen LogP contribution in [0.25, 0.3) is 16.6 Å². The van der Waals surface area contributed by atoms with Gasteiger partial charge in [0.1, 0.15) is 0 Å². The van der Waals surface area contributed by atoms with Crippen LogP contribution in [0, 0.1) is 6.92 Å². The molecular weight excluding hydrogens is 450 g/mol. The highest BCUT2D eigenvalue weighted by Gasteiger charge is 2.15. The van der Waals surface area contributed by atoms with Crippen molar-refractivity contribution in [3.63, 3.8) is 0 Å². The van der Waals surface area contributed by atoms with Gasteiger partial charge in [-0.2, -0.15) is 0 Å². The Labute approximate surface area is 178 Å². The number of halogens is 1. The van der Waals surface area contributed by atoms with Crippen molar-refractivity contribution in [2.75, 3.05) is 5.32 Å². The van der Waals surface area contributed by atoms with Gasteiger partial charge in [0.15, 0.2) is 5.75 Å². The second kappa shape index (κ2) is 7.64. The zero-order valence-electron chi connectivity index (χ0n) is 15.8. The molecule has 30 heavy (non-hydrogen) atoms. The van der Waals surface area contributed by atoms with E-state index in [1.165, 1.54) is 18.2 Å². The van der Waals surface area contributed by atoms with Gasteiger partial charge >= 0.3 is 5.69 Å². The lowest BCUT2D eigenvalue weighted by Crippen LogP contribution is -2.33. The van der Waals surface area contributed by atoms with Crippen molar-refractivity contribution >= 4 is 38.4 Å². The molecule has 0 saturated heterocycles. The minimum absolute atomic E-state index is 0.0890. The molecule has 4 aromatic rings. The van der Waals surface area contributed by atoms with E-state index in [0.29, 0.717) is 10.2 Å². The van der Waals surface area contributed by atoms with Crippen molar-refractivity contribution in [1.82, 2.24) is 9.55 Å². The van der Waals surface area contributed by atoms with Gasteiger partial charge in [-0.25, -0.2) is 9.36 Å². The Kier molecular flexibility index (Phi) is 5.01. The lowest BCUT2D eigenvalue weighted by atomic mass is 10.1. The molecule has 0 unspecified atom stereocenters. The Morgan fingerprint density at radius 1 is 1.07 bits per heavy atom. The summed E-state index contributed by atoms with van der Waals surface area (Å²) in [7, 11) is 0. The molecule has 150 valence electrons. The highest BCUT2D eigenvalue weighted by atomic mass is 79.9. The van der Waals surface area contributed by atoms with Crippen LogP contribution in [0.3, 0.4) is 0 Å². The highest BCUT2D eigenvalue weighted by Crippen LogP contribution is 2.33. The number of hydrogen-bond donors (Lipinski definition) is 3. The summed E-state index contributed by atoms with van der Waals surface area (Å²) in [6.45, 7) is 1.83. The van der Waals surface area contributed by atoms with Crippen molar-refractivity contribution in [3.05, 3.63) is 97.1 Å². The molecule has 0 aliphatic carbocycles. The fourth-order valence-corrected chi connectivity index (χ4v) is 3.77. The average Bonchev–Trinajstić information content (AvgIpc) is 2.72. The van der Waals surface area contributed by atoms with Crippen molar-refractivity contribution < 1.29 is 9.90 Å². The van der Waals surface area contributed by atoms with E-state index in [2.05, 4.69) is 26.2 Å². The average molecular weight is 466 g/mol. The number of carbonyl (C=O) groups is 1. The lowest BCUT2D eigenvalue weighted by Gasteiger charge is -2.11. The van der Waals surface area contributed by atoms with Crippen molar-refractivity contribution in [2.45, 2.75) is 6.92 Å². The fraction of sp³-hybridized carbons (Fsp3) is 0.0455. The standard InChI is InChI=1S/C22H16BrN3O4/c1-12-9-16(23)19(27)18(10-12)24-20(28)13-7-8-15-17(11-13)25-22(30)26(21(15)29)14-5-3-2-4-6-14/h2-11,27H,1H3,(H,24,28)(H,25,30).